The Hall–Kier alpha value is -0.0800. The first-order valence-corrected chi connectivity index (χ1v) is 8.22. The van der Waals surface area contributed by atoms with Crippen molar-refractivity contribution in [2.45, 2.75) is 64.8 Å². The Bertz CT molecular complexity index is 213. The van der Waals surface area contributed by atoms with Crippen molar-refractivity contribution < 1.29 is 0 Å². The van der Waals surface area contributed by atoms with E-state index in [-0.39, 0.29) is 0 Å². The molecule has 0 unspecified atom stereocenters. The average Bonchev–Trinajstić information content (AvgIpc) is 2.40. The fraction of sp³-hybridized carbons (Fsp3) is 1.00. The number of hydrogen-bond acceptors (Lipinski definition) is 2. The first kappa shape index (κ1) is 14.3. The van der Waals surface area contributed by atoms with Crippen molar-refractivity contribution in [2.24, 2.45) is 5.92 Å². The molecule has 1 saturated heterocycles. The lowest BCUT2D eigenvalue weighted by molar-refractivity contribution is 0.106. The predicted molar refractivity (Wildman–Crippen MR) is 79.0 cm³/mol. The first-order chi connectivity index (χ1) is 8.75. The third kappa shape index (κ3) is 4.55. The summed E-state index contributed by atoms with van der Waals surface area (Å²) in [6, 6.07) is 0.731. The van der Waals surface area contributed by atoms with Crippen molar-refractivity contribution in [3.05, 3.63) is 0 Å². The van der Waals surface area contributed by atoms with Gasteiger partial charge in [0.05, 0.1) is 0 Å². The summed E-state index contributed by atoms with van der Waals surface area (Å²) in [4.78, 5) is 5.29. The van der Waals surface area contributed by atoms with E-state index in [2.05, 4.69) is 23.6 Å². The van der Waals surface area contributed by atoms with Gasteiger partial charge in [0.25, 0.3) is 0 Å². The van der Waals surface area contributed by atoms with Crippen LogP contribution in [-0.2, 0) is 0 Å². The van der Waals surface area contributed by atoms with Crippen LogP contribution in [0.3, 0.4) is 0 Å². The number of hydrogen-bond donors (Lipinski definition) is 0. The Morgan fingerprint density at radius 2 is 1.61 bits per heavy atom. The molecular weight excluding hydrogens is 220 g/mol. The molecule has 0 aromatic rings. The molecule has 2 rings (SSSR count). The quantitative estimate of drug-likeness (QED) is 0.740. The topological polar surface area (TPSA) is 6.48 Å². The minimum Gasteiger partial charge on any atom is -0.301 e. The molecule has 1 saturated carbocycles. The molecule has 0 atom stereocenters. The summed E-state index contributed by atoms with van der Waals surface area (Å²) in [5, 5.41) is 0. The van der Waals surface area contributed by atoms with Crippen molar-refractivity contribution in [3.8, 4) is 0 Å². The molecular formula is C16H32N2. The molecule has 0 aromatic carbocycles. The van der Waals surface area contributed by atoms with E-state index in [0.717, 1.165) is 12.0 Å². The van der Waals surface area contributed by atoms with Gasteiger partial charge in [-0.15, -0.1) is 0 Å². The first-order valence-electron chi connectivity index (χ1n) is 8.22. The maximum Gasteiger partial charge on any atom is 0.0113 e. The number of nitrogens with zero attached hydrogens (tertiary/aromatic N) is 2. The summed E-state index contributed by atoms with van der Waals surface area (Å²) in [5.74, 6) is 1.07. The highest BCUT2D eigenvalue weighted by atomic mass is 15.3. The molecule has 0 amide bonds. The van der Waals surface area contributed by atoms with E-state index in [4.69, 9.17) is 0 Å². The lowest BCUT2D eigenvalue weighted by atomic mass is 9.86. The lowest BCUT2D eigenvalue weighted by Gasteiger charge is -2.37. The van der Waals surface area contributed by atoms with E-state index < -0.39 is 0 Å². The van der Waals surface area contributed by atoms with Crippen LogP contribution in [-0.4, -0.2) is 48.6 Å². The maximum absolute atomic E-state index is 2.68. The molecule has 0 bridgehead atoms. The van der Waals surface area contributed by atoms with Crippen LogP contribution in [0.1, 0.15) is 58.8 Å². The predicted octanol–water partition coefficient (Wildman–Crippen LogP) is 3.37. The third-order valence-electron chi connectivity index (χ3n) is 4.95. The van der Waals surface area contributed by atoms with Crippen LogP contribution in [0.4, 0.5) is 0 Å². The molecule has 2 aliphatic rings. The van der Waals surface area contributed by atoms with E-state index in [9.17, 15) is 0 Å². The van der Waals surface area contributed by atoms with E-state index in [1.807, 2.05) is 0 Å². The Morgan fingerprint density at radius 3 is 2.22 bits per heavy atom. The van der Waals surface area contributed by atoms with E-state index >= 15 is 0 Å². The van der Waals surface area contributed by atoms with Gasteiger partial charge in [-0.3, -0.25) is 4.90 Å². The molecule has 0 spiro atoms. The highest BCUT2D eigenvalue weighted by Gasteiger charge is 2.19. The summed E-state index contributed by atoms with van der Waals surface area (Å²) in [7, 11) is 0. The van der Waals surface area contributed by atoms with Gasteiger partial charge >= 0.3 is 0 Å². The van der Waals surface area contributed by atoms with Gasteiger partial charge in [-0.2, -0.15) is 0 Å². The van der Waals surface area contributed by atoms with Crippen molar-refractivity contribution in [3.63, 3.8) is 0 Å². The monoisotopic (exact) mass is 252 g/mol. The standard InChI is InChI=1S/C16H32N2/c1-15(2)18-13-11-17(12-14-18)10-6-9-16-7-4-3-5-8-16/h15-16H,3-14H2,1-2H3. The van der Waals surface area contributed by atoms with Crippen LogP contribution >= 0.6 is 0 Å². The zero-order chi connectivity index (χ0) is 12.8. The van der Waals surface area contributed by atoms with Crippen molar-refractivity contribution >= 4 is 0 Å². The summed E-state index contributed by atoms with van der Waals surface area (Å²) in [6.07, 6.45) is 10.4. The molecule has 1 aliphatic heterocycles. The average molecular weight is 252 g/mol. The molecule has 1 aliphatic carbocycles. The Labute approximate surface area is 114 Å². The summed E-state index contributed by atoms with van der Waals surface area (Å²) < 4.78 is 0. The molecule has 2 fully saturated rings. The van der Waals surface area contributed by atoms with Gasteiger partial charge in [-0.1, -0.05) is 32.1 Å². The highest BCUT2D eigenvalue weighted by Crippen LogP contribution is 2.27. The zero-order valence-electron chi connectivity index (χ0n) is 12.5. The Balaban J connectivity index is 1.55. The fourth-order valence-corrected chi connectivity index (χ4v) is 3.58. The van der Waals surface area contributed by atoms with Crippen LogP contribution in [0.15, 0.2) is 0 Å². The van der Waals surface area contributed by atoms with Crippen molar-refractivity contribution in [1.29, 1.82) is 0 Å². The van der Waals surface area contributed by atoms with E-state index in [1.54, 1.807) is 0 Å². The normalized spacial score (nSPS) is 24.8. The zero-order valence-corrected chi connectivity index (χ0v) is 12.5. The summed E-state index contributed by atoms with van der Waals surface area (Å²) in [5.41, 5.74) is 0. The molecule has 2 heteroatoms. The SMILES string of the molecule is CC(C)N1CCN(CCCC2CCCCC2)CC1. The minimum atomic E-state index is 0.731. The molecule has 106 valence electrons. The number of piperazine rings is 1. The second kappa shape index (κ2) is 7.49. The van der Waals surface area contributed by atoms with Crippen LogP contribution < -0.4 is 0 Å². The van der Waals surface area contributed by atoms with Gasteiger partial charge < -0.3 is 4.90 Å². The van der Waals surface area contributed by atoms with Gasteiger partial charge in [0.15, 0.2) is 0 Å². The summed E-state index contributed by atoms with van der Waals surface area (Å²) in [6.45, 7) is 11.1. The Morgan fingerprint density at radius 1 is 0.944 bits per heavy atom. The Kier molecular flexibility index (Phi) is 5.97. The summed E-state index contributed by atoms with van der Waals surface area (Å²) >= 11 is 0. The van der Waals surface area contributed by atoms with Crippen LogP contribution in [0.25, 0.3) is 0 Å². The smallest absolute Gasteiger partial charge is 0.0113 e. The molecule has 0 radical (unpaired) electrons. The van der Waals surface area contributed by atoms with Gasteiger partial charge in [0.2, 0.25) is 0 Å². The van der Waals surface area contributed by atoms with Crippen LogP contribution in [0.2, 0.25) is 0 Å². The molecule has 0 aromatic heterocycles. The van der Waals surface area contributed by atoms with E-state index in [1.165, 1.54) is 77.7 Å². The van der Waals surface area contributed by atoms with Crippen LogP contribution in [0.5, 0.6) is 0 Å². The molecule has 18 heavy (non-hydrogen) atoms. The van der Waals surface area contributed by atoms with E-state index in [0.29, 0.717) is 0 Å². The van der Waals surface area contributed by atoms with Crippen LogP contribution in [0, 0.1) is 5.92 Å². The van der Waals surface area contributed by atoms with Gasteiger partial charge in [0, 0.05) is 32.2 Å². The molecule has 0 N–H and O–H groups in total. The molecule has 2 nitrogen and oxygen atoms in total. The van der Waals surface area contributed by atoms with Gasteiger partial charge in [-0.25, -0.2) is 0 Å². The van der Waals surface area contributed by atoms with Gasteiger partial charge in [0.1, 0.15) is 0 Å². The van der Waals surface area contributed by atoms with Gasteiger partial charge in [-0.05, 0) is 39.2 Å². The van der Waals surface area contributed by atoms with Crippen molar-refractivity contribution in [1.82, 2.24) is 9.80 Å². The maximum atomic E-state index is 2.68. The lowest BCUT2D eigenvalue weighted by Crippen LogP contribution is -2.48. The second-order valence-electron chi connectivity index (χ2n) is 6.62. The minimum absolute atomic E-state index is 0.731. The second-order valence-corrected chi connectivity index (χ2v) is 6.62. The fourth-order valence-electron chi connectivity index (χ4n) is 3.58. The molecule has 1 heterocycles. The third-order valence-corrected chi connectivity index (χ3v) is 4.95. The number of rotatable bonds is 5. The van der Waals surface area contributed by atoms with Crippen molar-refractivity contribution in [2.75, 3.05) is 32.7 Å². The highest BCUT2D eigenvalue weighted by molar-refractivity contribution is 4.74. The largest absolute Gasteiger partial charge is 0.301 e.